The Hall–Kier alpha value is -4.18. The van der Waals surface area contributed by atoms with Crippen LogP contribution in [-0.4, -0.2) is 79.8 Å². The van der Waals surface area contributed by atoms with Crippen LogP contribution in [0.4, 0.5) is 0 Å². The van der Waals surface area contributed by atoms with Gasteiger partial charge in [0, 0.05) is 6.42 Å². The number of allylic oxidation sites excluding steroid dienone is 28. The molecule has 1 amide bonds. The van der Waals surface area contributed by atoms with Crippen molar-refractivity contribution in [3.63, 3.8) is 0 Å². The van der Waals surface area contributed by atoms with E-state index in [2.05, 4.69) is 182 Å². The Morgan fingerprint density at radius 3 is 1.26 bits per heavy atom. The second-order valence-electron chi connectivity index (χ2n) is 20.4. The molecule has 0 aliphatic rings. The number of aliphatic hydroxyl groups is 2. The van der Waals surface area contributed by atoms with E-state index in [-0.39, 0.29) is 25.4 Å². The summed E-state index contributed by atoms with van der Waals surface area (Å²) in [5.41, 5.74) is 0. The van der Waals surface area contributed by atoms with Crippen LogP contribution in [0.3, 0.4) is 0 Å². The largest absolute Gasteiger partial charge is 0.756 e. The fourth-order valence-corrected chi connectivity index (χ4v) is 8.20. The Morgan fingerprint density at radius 1 is 0.494 bits per heavy atom. The lowest BCUT2D eigenvalue weighted by molar-refractivity contribution is -0.870. The number of hydrogen-bond acceptors (Lipinski definition) is 7. The quantitative estimate of drug-likeness (QED) is 0.0240. The number of phosphoric acid groups is 1. The summed E-state index contributed by atoms with van der Waals surface area (Å²) < 4.78 is 23.2. The zero-order chi connectivity index (χ0) is 56.4. The monoisotopic (exact) mass is 1080 g/mol. The molecule has 4 unspecified atom stereocenters. The van der Waals surface area contributed by atoms with Crippen molar-refractivity contribution in [1.82, 2.24) is 5.32 Å². The van der Waals surface area contributed by atoms with Crippen LogP contribution < -0.4 is 10.2 Å². The Labute approximate surface area is 471 Å². The van der Waals surface area contributed by atoms with Crippen molar-refractivity contribution in [2.24, 2.45) is 0 Å². The van der Waals surface area contributed by atoms with Gasteiger partial charge < -0.3 is 34.0 Å². The van der Waals surface area contributed by atoms with Gasteiger partial charge in [0.1, 0.15) is 19.3 Å². The fourth-order valence-electron chi connectivity index (χ4n) is 7.47. The summed E-state index contributed by atoms with van der Waals surface area (Å²) >= 11 is 0. The molecular weight excluding hydrogens is 976 g/mol. The molecule has 0 fully saturated rings. The van der Waals surface area contributed by atoms with Gasteiger partial charge in [0.2, 0.25) is 5.91 Å². The highest BCUT2D eigenvalue weighted by atomic mass is 31.2. The van der Waals surface area contributed by atoms with Crippen LogP contribution in [0, 0.1) is 0 Å². The lowest BCUT2D eigenvalue weighted by Crippen LogP contribution is -2.51. The van der Waals surface area contributed by atoms with Gasteiger partial charge in [0.05, 0.1) is 39.9 Å². The first-order chi connectivity index (χ1) is 37.4. The molecule has 0 rings (SSSR count). The van der Waals surface area contributed by atoms with Gasteiger partial charge in [-0.25, -0.2) is 0 Å². The van der Waals surface area contributed by atoms with E-state index in [1.54, 1.807) is 0 Å². The number of quaternary nitrogens is 1. The van der Waals surface area contributed by atoms with Gasteiger partial charge in [0.25, 0.3) is 7.82 Å². The van der Waals surface area contributed by atoms with Crippen LogP contribution in [0.25, 0.3) is 0 Å². The molecule has 0 aliphatic carbocycles. The predicted octanol–water partition coefficient (Wildman–Crippen LogP) is 16.8. The average molecular weight is 1090 g/mol. The van der Waals surface area contributed by atoms with E-state index in [0.717, 1.165) is 135 Å². The summed E-state index contributed by atoms with van der Waals surface area (Å²) in [6.45, 7) is 4.04. The number of nitrogens with zero attached hydrogens (tertiary/aromatic N) is 1. The van der Waals surface area contributed by atoms with E-state index in [1.807, 2.05) is 28.1 Å². The first kappa shape index (κ1) is 72.8. The highest BCUT2D eigenvalue weighted by Gasteiger charge is 2.29. The lowest BCUT2D eigenvalue weighted by atomic mass is 10.0. The zero-order valence-corrected chi connectivity index (χ0v) is 49.8. The number of aliphatic hydroxyl groups excluding tert-OH is 2. The van der Waals surface area contributed by atoms with Crippen molar-refractivity contribution in [1.29, 1.82) is 0 Å². The Morgan fingerprint density at radius 2 is 0.844 bits per heavy atom. The van der Waals surface area contributed by atoms with E-state index < -0.39 is 32.7 Å². The van der Waals surface area contributed by atoms with Gasteiger partial charge in [-0.3, -0.25) is 9.36 Å². The number of carbonyl (C=O) groups is 1. The van der Waals surface area contributed by atoms with Crippen molar-refractivity contribution in [3.05, 3.63) is 170 Å². The number of unbranched alkanes of at least 4 members (excludes halogenated alkanes) is 10. The Balaban J connectivity index is 4.21. The number of likely N-dealkylation sites (N-methyl/N-ethyl adjacent to an activating group) is 1. The zero-order valence-electron chi connectivity index (χ0n) is 48.9. The SMILES string of the molecule is C/C=C/CC/C=C/CC/C=C/CCCC(O)C(O)C(COP(=O)([O-])OCC[N+](C)(C)C)NC(=O)CCCCCCCCC/C=C\C/C=C\C/C=C\C/C=C\C/C=C\C/C=C\C/C=C\C/C=C\C/C=C\C/C=C\C/C=C\CC. The molecule has 4 atom stereocenters. The molecule has 0 aromatic carbocycles. The summed E-state index contributed by atoms with van der Waals surface area (Å²) in [5, 5.41) is 24.7. The Kier molecular flexibility index (Phi) is 52.2. The molecule has 77 heavy (non-hydrogen) atoms. The maximum Gasteiger partial charge on any atom is 0.268 e. The normalized spacial score (nSPS) is 15.5. The minimum Gasteiger partial charge on any atom is -0.756 e. The second-order valence-corrected chi connectivity index (χ2v) is 21.8. The van der Waals surface area contributed by atoms with E-state index >= 15 is 0 Å². The van der Waals surface area contributed by atoms with Crippen LogP contribution in [0.1, 0.15) is 187 Å². The van der Waals surface area contributed by atoms with Gasteiger partial charge in [-0.2, -0.15) is 0 Å². The summed E-state index contributed by atoms with van der Waals surface area (Å²) in [6.07, 6.45) is 84.5. The van der Waals surface area contributed by atoms with E-state index in [0.29, 0.717) is 23.9 Å². The van der Waals surface area contributed by atoms with Gasteiger partial charge in [-0.15, -0.1) is 0 Å². The molecule has 0 heterocycles. The number of carbonyl (C=O) groups excluding carboxylic acids is 1. The van der Waals surface area contributed by atoms with E-state index in [1.165, 1.54) is 12.8 Å². The molecule has 0 spiro atoms. The van der Waals surface area contributed by atoms with Crippen LogP contribution in [-0.2, 0) is 18.4 Å². The third-order valence-electron chi connectivity index (χ3n) is 12.1. The summed E-state index contributed by atoms with van der Waals surface area (Å²) in [7, 11) is 1.06. The third-order valence-corrected chi connectivity index (χ3v) is 13.0. The van der Waals surface area contributed by atoms with Crippen molar-refractivity contribution in [2.75, 3.05) is 40.9 Å². The smallest absolute Gasteiger partial charge is 0.268 e. The van der Waals surface area contributed by atoms with Crippen molar-refractivity contribution < 1.29 is 38.0 Å². The summed E-state index contributed by atoms with van der Waals surface area (Å²) in [6, 6.07) is -1.12. The van der Waals surface area contributed by atoms with Gasteiger partial charge in [-0.05, 0) is 142 Å². The molecule has 10 heteroatoms. The number of phosphoric ester groups is 1. The van der Waals surface area contributed by atoms with Crippen LogP contribution >= 0.6 is 7.82 Å². The molecule has 9 nitrogen and oxygen atoms in total. The van der Waals surface area contributed by atoms with Crippen LogP contribution in [0.15, 0.2) is 170 Å². The number of amides is 1. The topological polar surface area (TPSA) is 128 Å². The first-order valence-corrected chi connectivity index (χ1v) is 31.0. The maximum absolute atomic E-state index is 13.0. The summed E-state index contributed by atoms with van der Waals surface area (Å²) in [4.78, 5) is 25.5. The molecule has 0 bridgehead atoms. The molecule has 0 radical (unpaired) electrons. The standard InChI is InChI=1S/C67H109N2O7P/c1-6-8-10-12-14-16-18-20-21-22-23-24-25-26-27-28-29-30-31-32-33-34-35-36-37-38-39-40-41-42-43-44-45-46-47-48-50-52-54-56-58-60-66(71)68-64(63-76-77(73,74)75-62-61-69(3,4)5)67(72)65(70)59-57-55-53-51-49-19-17-15-13-11-9-7-2/h7-10,14-17,20-21,23-24,26-27,29-30,32-33,35-36,38-39,41-42,44-45,51,53,64-65,67,70,72H,6,11-13,18-19,22,25,28,31,34,37,40,43,46-50,52,54-63H2,1-5H3,(H-,68,71,73,74)/b9-7+,10-8-,16-14-,17-15+,21-20-,24-23-,27-26-,30-29-,33-32-,36-35-,39-38-,42-41-,45-44-,53-51+. The van der Waals surface area contributed by atoms with Crippen molar-refractivity contribution in [3.8, 4) is 0 Å². The van der Waals surface area contributed by atoms with Crippen molar-refractivity contribution >= 4 is 13.7 Å². The third kappa shape index (κ3) is 56.4. The molecule has 0 saturated carbocycles. The average Bonchev–Trinajstić information content (AvgIpc) is 3.39. The predicted molar refractivity (Wildman–Crippen MR) is 330 cm³/mol. The number of rotatable bonds is 51. The molecular formula is C67H109N2O7P. The van der Waals surface area contributed by atoms with E-state index in [9.17, 15) is 24.5 Å². The van der Waals surface area contributed by atoms with E-state index in [4.69, 9.17) is 9.05 Å². The molecule has 0 aromatic heterocycles. The van der Waals surface area contributed by atoms with Gasteiger partial charge in [-0.1, -0.05) is 209 Å². The molecule has 0 aromatic rings. The van der Waals surface area contributed by atoms with Gasteiger partial charge in [0.15, 0.2) is 0 Å². The van der Waals surface area contributed by atoms with Crippen molar-refractivity contribution in [2.45, 2.75) is 205 Å². The highest BCUT2D eigenvalue weighted by Crippen LogP contribution is 2.38. The second kappa shape index (κ2) is 55.1. The molecule has 3 N–H and O–H groups in total. The molecule has 0 aliphatic heterocycles. The number of nitrogens with one attached hydrogen (secondary N) is 1. The maximum atomic E-state index is 13.0. The fraction of sp³-hybridized carbons (Fsp3) is 0.567. The minimum absolute atomic E-state index is 0.0619. The van der Waals surface area contributed by atoms with Crippen LogP contribution in [0.5, 0.6) is 0 Å². The first-order valence-electron chi connectivity index (χ1n) is 29.5. The minimum atomic E-state index is -4.70. The molecule has 0 saturated heterocycles. The Bertz CT molecular complexity index is 1870. The lowest BCUT2D eigenvalue weighted by Gasteiger charge is -2.31. The number of hydrogen-bond donors (Lipinski definition) is 3. The van der Waals surface area contributed by atoms with Crippen LogP contribution in [0.2, 0.25) is 0 Å². The molecule has 434 valence electrons. The highest BCUT2D eigenvalue weighted by molar-refractivity contribution is 7.45. The van der Waals surface area contributed by atoms with Gasteiger partial charge >= 0.3 is 0 Å². The summed E-state index contributed by atoms with van der Waals surface area (Å²) in [5.74, 6) is -0.315.